The molecule has 0 fully saturated rings. The first-order valence-electron chi connectivity index (χ1n) is 8.07. The number of hydrogen-bond acceptors (Lipinski definition) is 3. The zero-order valence-corrected chi connectivity index (χ0v) is 16.8. The Kier molecular flexibility index (Phi) is 5.20. The summed E-state index contributed by atoms with van der Waals surface area (Å²) in [5.41, 5.74) is 1.67. The molecule has 0 aliphatic carbocycles. The molecule has 1 heterocycles. The van der Waals surface area contributed by atoms with Crippen molar-refractivity contribution in [3.8, 4) is 11.5 Å². The molecule has 3 rings (SSSR count). The molecule has 1 unspecified atom stereocenters. The molecule has 1 atom stereocenters. The molecular weight excluding hydrogens is 400 g/mol. The van der Waals surface area contributed by atoms with Gasteiger partial charge in [-0.25, -0.2) is 0 Å². The van der Waals surface area contributed by atoms with Crippen molar-refractivity contribution in [1.29, 1.82) is 0 Å². The summed E-state index contributed by atoms with van der Waals surface area (Å²) in [6.45, 7) is 4.17. The van der Waals surface area contributed by atoms with Gasteiger partial charge in [0.1, 0.15) is 17.1 Å². The van der Waals surface area contributed by atoms with Gasteiger partial charge >= 0.3 is 0 Å². The molecule has 1 aliphatic heterocycles. The normalized spacial score (nSPS) is 17.8. The fourth-order valence-corrected chi connectivity index (χ4v) is 3.65. The topological polar surface area (TPSA) is 42.5 Å². The summed E-state index contributed by atoms with van der Waals surface area (Å²) >= 11 is 9.07. The molecule has 0 saturated carbocycles. The van der Waals surface area contributed by atoms with E-state index >= 15 is 0 Å². The van der Waals surface area contributed by atoms with E-state index in [0.29, 0.717) is 5.11 Å². The van der Waals surface area contributed by atoms with Crippen LogP contribution >= 0.6 is 28.1 Å². The van der Waals surface area contributed by atoms with Crippen molar-refractivity contribution in [3.63, 3.8) is 0 Å². The van der Waals surface area contributed by atoms with Crippen molar-refractivity contribution in [1.82, 2.24) is 5.32 Å². The molecule has 0 amide bonds. The van der Waals surface area contributed by atoms with Crippen LogP contribution in [0.1, 0.15) is 31.9 Å². The Balaban J connectivity index is 1.80. The van der Waals surface area contributed by atoms with Crippen LogP contribution in [0.5, 0.6) is 11.5 Å². The minimum atomic E-state index is -0.265. The van der Waals surface area contributed by atoms with Crippen LogP contribution in [-0.2, 0) is 0 Å². The van der Waals surface area contributed by atoms with Crippen molar-refractivity contribution in [2.75, 3.05) is 12.4 Å². The van der Waals surface area contributed by atoms with Crippen LogP contribution in [0, 0.1) is 0 Å². The smallest absolute Gasteiger partial charge is 0.171 e. The average Bonchev–Trinajstić information content (AvgIpc) is 2.55. The number of para-hydroxylation sites is 2. The van der Waals surface area contributed by atoms with Gasteiger partial charge in [0.15, 0.2) is 5.11 Å². The molecule has 6 heteroatoms. The summed E-state index contributed by atoms with van der Waals surface area (Å²) in [4.78, 5) is 0. The Bertz CT molecular complexity index is 795. The molecule has 0 bridgehead atoms. The van der Waals surface area contributed by atoms with Gasteiger partial charge in [0.2, 0.25) is 0 Å². The van der Waals surface area contributed by atoms with Gasteiger partial charge in [-0.2, -0.15) is 0 Å². The predicted octanol–water partition coefficient (Wildman–Crippen LogP) is 5.05. The summed E-state index contributed by atoms with van der Waals surface area (Å²) in [5.74, 6) is 1.64. The molecule has 0 aromatic heterocycles. The molecule has 0 spiro atoms. The molecule has 4 nitrogen and oxygen atoms in total. The highest BCUT2D eigenvalue weighted by molar-refractivity contribution is 9.10. The first-order valence-corrected chi connectivity index (χ1v) is 9.27. The van der Waals surface area contributed by atoms with Crippen LogP contribution in [0.2, 0.25) is 0 Å². The van der Waals surface area contributed by atoms with E-state index in [2.05, 4.69) is 46.5 Å². The summed E-state index contributed by atoms with van der Waals surface area (Å²) in [7, 11) is 1.64. The van der Waals surface area contributed by atoms with Crippen LogP contribution in [0.25, 0.3) is 0 Å². The number of thiocarbonyl (C=S) groups is 1. The third-order valence-corrected chi connectivity index (χ3v) is 4.80. The summed E-state index contributed by atoms with van der Waals surface area (Å²) < 4.78 is 12.5. The molecule has 2 aromatic carbocycles. The lowest BCUT2D eigenvalue weighted by Gasteiger charge is -2.38. The molecule has 25 heavy (non-hydrogen) atoms. The number of ether oxygens (including phenoxy) is 2. The Morgan fingerprint density at radius 3 is 2.80 bits per heavy atom. The standard InChI is InChI=1S/C19H21BrN2O2S/c1-19(2)11-15(13-10-12(20)8-9-16(13)24-19)22-18(25)21-14-6-4-5-7-17(14)23-3/h4-10,15H,11H2,1-3H3,(H2,21,22,25). The van der Waals surface area contributed by atoms with E-state index in [-0.39, 0.29) is 11.6 Å². The Hall–Kier alpha value is -1.79. The van der Waals surface area contributed by atoms with Crippen molar-refractivity contribution in [3.05, 3.63) is 52.5 Å². The number of rotatable bonds is 3. The molecule has 2 aromatic rings. The lowest BCUT2D eigenvalue weighted by Crippen LogP contribution is -2.42. The zero-order chi connectivity index (χ0) is 18.0. The first kappa shape index (κ1) is 18.0. The molecule has 1 aliphatic rings. The number of halogens is 1. The third-order valence-electron chi connectivity index (χ3n) is 4.09. The van der Waals surface area contributed by atoms with E-state index in [0.717, 1.165) is 33.6 Å². The molecular formula is C19H21BrN2O2S. The lowest BCUT2D eigenvalue weighted by molar-refractivity contribution is 0.0696. The average molecular weight is 421 g/mol. The van der Waals surface area contributed by atoms with Crippen molar-refractivity contribution >= 4 is 38.9 Å². The van der Waals surface area contributed by atoms with E-state index in [4.69, 9.17) is 21.7 Å². The second-order valence-electron chi connectivity index (χ2n) is 6.60. The first-order chi connectivity index (χ1) is 11.9. The lowest BCUT2D eigenvalue weighted by atomic mass is 9.90. The zero-order valence-electron chi connectivity index (χ0n) is 14.4. The van der Waals surface area contributed by atoms with Crippen molar-refractivity contribution in [2.45, 2.75) is 31.9 Å². The molecule has 132 valence electrons. The highest BCUT2D eigenvalue weighted by atomic mass is 79.9. The minimum Gasteiger partial charge on any atom is -0.495 e. The predicted molar refractivity (Wildman–Crippen MR) is 109 cm³/mol. The monoisotopic (exact) mass is 420 g/mol. The molecule has 0 radical (unpaired) electrons. The maximum absolute atomic E-state index is 6.10. The molecule has 0 saturated heterocycles. The van der Waals surface area contributed by atoms with Gasteiger partial charge < -0.3 is 20.1 Å². The number of benzene rings is 2. The Labute approximate surface area is 162 Å². The third kappa shape index (κ3) is 4.25. The van der Waals surface area contributed by atoms with Crippen LogP contribution in [-0.4, -0.2) is 17.8 Å². The van der Waals surface area contributed by atoms with E-state index in [1.807, 2.05) is 36.4 Å². The van der Waals surface area contributed by atoms with Crippen LogP contribution < -0.4 is 20.1 Å². The number of hydrogen-bond donors (Lipinski definition) is 2. The summed E-state index contributed by atoms with van der Waals surface area (Å²) in [5, 5.41) is 7.20. The van der Waals surface area contributed by atoms with Crippen LogP contribution in [0.4, 0.5) is 5.69 Å². The Morgan fingerprint density at radius 2 is 2.04 bits per heavy atom. The summed E-state index contributed by atoms with van der Waals surface area (Å²) in [6.07, 6.45) is 0.810. The van der Waals surface area contributed by atoms with Crippen molar-refractivity contribution < 1.29 is 9.47 Å². The van der Waals surface area contributed by atoms with Crippen LogP contribution in [0.3, 0.4) is 0 Å². The van der Waals surface area contributed by atoms with Crippen LogP contribution in [0.15, 0.2) is 46.9 Å². The van der Waals surface area contributed by atoms with E-state index in [1.165, 1.54) is 0 Å². The van der Waals surface area contributed by atoms with Gasteiger partial charge in [-0.1, -0.05) is 28.1 Å². The number of nitrogens with one attached hydrogen (secondary N) is 2. The van der Waals surface area contributed by atoms with E-state index < -0.39 is 0 Å². The van der Waals surface area contributed by atoms with Crippen molar-refractivity contribution in [2.24, 2.45) is 0 Å². The van der Waals surface area contributed by atoms with E-state index in [1.54, 1.807) is 7.11 Å². The van der Waals surface area contributed by atoms with Gasteiger partial charge in [-0.3, -0.25) is 0 Å². The highest BCUT2D eigenvalue weighted by Gasteiger charge is 2.34. The quantitative estimate of drug-likeness (QED) is 0.680. The maximum atomic E-state index is 6.10. The largest absolute Gasteiger partial charge is 0.495 e. The fourth-order valence-electron chi connectivity index (χ4n) is 3.02. The SMILES string of the molecule is COc1ccccc1NC(=S)NC1CC(C)(C)Oc2ccc(Br)cc21. The number of anilines is 1. The number of fused-ring (bicyclic) bond motifs is 1. The van der Waals surface area contributed by atoms with Gasteiger partial charge in [-0.15, -0.1) is 0 Å². The van der Waals surface area contributed by atoms with Gasteiger partial charge in [0, 0.05) is 16.5 Å². The van der Waals surface area contributed by atoms with Gasteiger partial charge in [-0.05, 0) is 56.4 Å². The van der Waals surface area contributed by atoms with E-state index in [9.17, 15) is 0 Å². The summed E-state index contributed by atoms with van der Waals surface area (Å²) in [6, 6.07) is 13.8. The maximum Gasteiger partial charge on any atom is 0.171 e. The second kappa shape index (κ2) is 7.22. The fraction of sp³-hybridized carbons (Fsp3) is 0.316. The molecule has 2 N–H and O–H groups in total. The second-order valence-corrected chi connectivity index (χ2v) is 7.92. The number of methoxy groups -OCH3 is 1. The van der Waals surface area contributed by atoms with Gasteiger partial charge in [0.05, 0.1) is 18.8 Å². The van der Waals surface area contributed by atoms with Gasteiger partial charge in [0.25, 0.3) is 0 Å². The Morgan fingerprint density at radius 1 is 1.28 bits per heavy atom. The highest BCUT2D eigenvalue weighted by Crippen LogP contribution is 2.40. The minimum absolute atomic E-state index is 0.0611.